The van der Waals surface area contributed by atoms with Crippen molar-refractivity contribution in [2.45, 2.75) is 12.6 Å². The van der Waals surface area contributed by atoms with E-state index in [1.165, 1.54) is 12.1 Å². The average molecular weight is 311 g/mol. The van der Waals surface area contributed by atoms with Gasteiger partial charge in [-0.3, -0.25) is 4.90 Å². The molecule has 0 atom stereocenters. The van der Waals surface area contributed by atoms with Crippen LogP contribution in [0, 0.1) is 5.82 Å². The molecule has 2 heterocycles. The maximum Gasteiger partial charge on any atom is 0.124 e. The van der Waals surface area contributed by atoms with E-state index in [2.05, 4.69) is 22.6 Å². The molecule has 0 bridgehead atoms. The van der Waals surface area contributed by atoms with Gasteiger partial charge >= 0.3 is 0 Å². The van der Waals surface area contributed by atoms with Crippen molar-refractivity contribution in [2.24, 2.45) is 7.05 Å². The summed E-state index contributed by atoms with van der Waals surface area (Å²) in [6.07, 6.45) is 0.162. The topological polar surface area (TPSA) is 30.3 Å². The van der Waals surface area contributed by atoms with Crippen molar-refractivity contribution in [2.75, 3.05) is 13.1 Å². The van der Waals surface area contributed by atoms with Gasteiger partial charge in [0.15, 0.2) is 0 Å². The Morgan fingerprint density at radius 1 is 1.13 bits per heavy atom. The molecular weight excluding hydrogens is 293 g/mol. The van der Waals surface area contributed by atoms with Crippen LogP contribution in [-0.2, 0) is 13.6 Å². The molecule has 0 aliphatic carbocycles. The van der Waals surface area contributed by atoms with E-state index in [4.69, 9.17) is 9.72 Å². The maximum absolute atomic E-state index is 12.9. The number of ether oxygens (including phenoxy) is 1. The Labute approximate surface area is 134 Å². The number of aromatic nitrogens is 2. The third-order valence-corrected chi connectivity index (χ3v) is 4.28. The number of hydrogen-bond donors (Lipinski definition) is 0. The summed E-state index contributed by atoms with van der Waals surface area (Å²) in [6.45, 7) is 2.54. The number of halogens is 1. The molecule has 0 amide bonds. The highest BCUT2D eigenvalue weighted by Gasteiger charge is 2.29. The lowest BCUT2D eigenvalue weighted by molar-refractivity contribution is 0.0126. The van der Waals surface area contributed by atoms with Gasteiger partial charge < -0.3 is 9.30 Å². The fraction of sp³-hybridized carbons (Fsp3) is 0.278. The SMILES string of the molecule is Cn1c(CN2CC(Oc3ccc(F)cc3)C2)nc2ccccc21. The number of fused-ring (bicyclic) bond motifs is 1. The molecule has 0 radical (unpaired) electrons. The second-order valence-corrected chi connectivity index (χ2v) is 5.96. The lowest BCUT2D eigenvalue weighted by atomic mass is 10.1. The first-order valence-corrected chi connectivity index (χ1v) is 7.74. The summed E-state index contributed by atoms with van der Waals surface area (Å²) < 4.78 is 20.8. The standard InChI is InChI=1S/C18H18FN3O/c1-21-17-5-3-2-4-16(17)20-18(21)12-22-10-15(11-22)23-14-8-6-13(19)7-9-14/h2-9,15H,10-12H2,1H3. The fourth-order valence-corrected chi connectivity index (χ4v) is 2.97. The Kier molecular flexibility index (Phi) is 3.50. The Morgan fingerprint density at radius 3 is 2.61 bits per heavy atom. The van der Waals surface area contributed by atoms with Crippen LogP contribution in [0.3, 0.4) is 0 Å². The summed E-state index contributed by atoms with van der Waals surface area (Å²) in [5.41, 5.74) is 2.19. The van der Waals surface area contributed by atoms with Gasteiger partial charge in [0.25, 0.3) is 0 Å². The molecule has 0 N–H and O–H groups in total. The predicted molar refractivity (Wildman–Crippen MR) is 86.8 cm³/mol. The van der Waals surface area contributed by atoms with Crippen molar-refractivity contribution in [3.05, 3.63) is 60.2 Å². The molecule has 2 aromatic carbocycles. The van der Waals surface area contributed by atoms with Gasteiger partial charge in [0.05, 0.1) is 17.6 Å². The van der Waals surface area contributed by atoms with Crippen LogP contribution in [0.4, 0.5) is 4.39 Å². The Morgan fingerprint density at radius 2 is 1.87 bits per heavy atom. The zero-order valence-electron chi connectivity index (χ0n) is 12.9. The van der Waals surface area contributed by atoms with Crippen LogP contribution in [0.5, 0.6) is 5.75 Å². The van der Waals surface area contributed by atoms with E-state index >= 15 is 0 Å². The van der Waals surface area contributed by atoms with Gasteiger partial charge in [0.1, 0.15) is 23.5 Å². The first-order chi connectivity index (χ1) is 11.2. The molecule has 1 aliphatic rings. The van der Waals surface area contributed by atoms with Gasteiger partial charge in [-0.1, -0.05) is 12.1 Å². The minimum Gasteiger partial charge on any atom is -0.488 e. The number of imidazole rings is 1. The average Bonchev–Trinajstić information content (AvgIpc) is 2.84. The second kappa shape index (κ2) is 5.66. The lowest BCUT2D eigenvalue weighted by Gasteiger charge is -2.38. The smallest absolute Gasteiger partial charge is 0.124 e. The number of aryl methyl sites for hydroxylation is 1. The Bertz CT molecular complexity index is 822. The first-order valence-electron chi connectivity index (χ1n) is 7.74. The summed E-state index contributed by atoms with van der Waals surface area (Å²) in [7, 11) is 2.05. The molecule has 0 saturated carbocycles. The molecule has 1 saturated heterocycles. The van der Waals surface area contributed by atoms with Crippen molar-refractivity contribution < 1.29 is 9.13 Å². The molecular formula is C18H18FN3O. The van der Waals surface area contributed by atoms with Crippen LogP contribution >= 0.6 is 0 Å². The van der Waals surface area contributed by atoms with E-state index in [9.17, 15) is 4.39 Å². The summed E-state index contributed by atoms with van der Waals surface area (Å²) in [4.78, 5) is 6.99. The predicted octanol–water partition coefficient (Wildman–Crippen LogP) is 2.98. The minimum atomic E-state index is -0.241. The zero-order valence-corrected chi connectivity index (χ0v) is 12.9. The van der Waals surface area contributed by atoms with Gasteiger partial charge in [-0.2, -0.15) is 0 Å². The van der Waals surface area contributed by atoms with Gasteiger partial charge in [0.2, 0.25) is 0 Å². The third-order valence-electron chi connectivity index (χ3n) is 4.28. The van der Waals surface area contributed by atoms with Crippen LogP contribution in [0.2, 0.25) is 0 Å². The Hall–Kier alpha value is -2.40. The molecule has 4 nitrogen and oxygen atoms in total. The normalized spacial score (nSPS) is 15.7. The summed E-state index contributed by atoms with van der Waals surface area (Å²) in [6, 6.07) is 14.3. The highest BCUT2D eigenvalue weighted by atomic mass is 19.1. The molecule has 0 unspecified atom stereocenters. The molecule has 0 spiro atoms. The van der Waals surface area contributed by atoms with Gasteiger partial charge in [0, 0.05) is 20.1 Å². The number of nitrogens with zero attached hydrogens (tertiary/aromatic N) is 3. The largest absolute Gasteiger partial charge is 0.488 e. The van der Waals surface area contributed by atoms with E-state index in [1.807, 2.05) is 18.2 Å². The van der Waals surface area contributed by atoms with Crippen LogP contribution < -0.4 is 4.74 Å². The molecule has 1 aliphatic heterocycles. The van der Waals surface area contributed by atoms with E-state index in [-0.39, 0.29) is 11.9 Å². The number of hydrogen-bond acceptors (Lipinski definition) is 3. The molecule has 5 heteroatoms. The van der Waals surface area contributed by atoms with Crippen molar-refractivity contribution >= 4 is 11.0 Å². The molecule has 4 rings (SSSR count). The summed E-state index contributed by atoms with van der Waals surface area (Å²) in [5, 5.41) is 0. The summed E-state index contributed by atoms with van der Waals surface area (Å²) >= 11 is 0. The third kappa shape index (κ3) is 2.80. The minimum absolute atomic E-state index is 0.162. The van der Waals surface area contributed by atoms with E-state index in [0.29, 0.717) is 0 Å². The molecule has 23 heavy (non-hydrogen) atoms. The van der Waals surface area contributed by atoms with E-state index < -0.39 is 0 Å². The van der Waals surface area contributed by atoms with Crippen LogP contribution in [0.1, 0.15) is 5.82 Å². The molecule has 118 valence electrons. The second-order valence-electron chi connectivity index (χ2n) is 5.96. The molecule has 3 aromatic rings. The Balaban J connectivity index is 1.36. The number of benzene rings is 2. The van der Waals surface area contributed by atoms with Crippen LogP contribution in [0.15, 0.2) is 48.5 Å². The summed E-state index contributed by atoms with van der Waals surface area (Å²) in [5.74, 6) is 1.54. The number of para-hydroxylation sites is 2. The highest BCUT2D eigenvalue weighted by molar-refractivity contribution is 5.75. The monoisotopic (exact) mass is 311 g/mol. The van der Waals surface area contributed by atoms with Crippen molar-refractivity contribution in [1.29, 1.82) is 0 Å². The van der Waals surface area contributed by atoms with Crippen LogP contribution in [0.25, 0.3) is 11.0 Å². The number of rotatable bonds is 4. The lowest BCUT2D eigenvalue weighted by Crippen LogP contribution is -2.53. The van der Waals surface area contributed by atoms with Crippen LogP contribution in [-0.4, -0.2) is 33.6 Å². The van der Waals surface area contributed by atoms with Crippen molar-refractivity contribution in [3.8, 4) is 5.75 Å². The van der Waals surface area contributed by atoms with Crippen molar-refractivity contribution in [1.82, 2.24) is 14.5 Å². The van der Waals surface area contributed by atoms with Gasteiger partial charge in [-0.15, -0.1) is 0 Å². The highest BCUT2D eigenvalue weighted by Crippen LogP contribution is 2.21. The first kappa shape index (κ1) is 14.2. The molecule has 1 fully saturated rings. The van der Waals surface area contributed by atoms with Crippen molar-refractivity contribution in [3.63, 3.8) is 0 Å². The van der Waals surface area contributed by atoms with E-state index in [0.717, 1.165) is 42.2 Å². The molecule has 1 aromatic heterocycles. The number of likely N-dealkylation sites (tertiary alicyclic amines) is 1. The van der Waals surface area contributed by atoms with E-state index in [1.54, 1.807) is 12.1 Å². The quantitative estimate of drug-likeness (QED) is 0.742. The maximum atomic E-state index is 12.9. The van der Waals surface area contributed by atoms with Gasteiger partial charge in [-0.25, -0.2) is 9.37 Å². The fourth-order valence-electron chi connectivity index (χ4n) is 2.97. The van der Waals surface area contributed by atoms with Gasteiger partial charge in [-0.05, 0) is 36.4 Å². The zero-order chi connectivity index (χ0) is 15.8.